The van der Waals surface area contributed by atoms with Gasteiger partial charge in [0, 0.05) is 24.0 Å². The predicted molar refractivity (Wildman–Crippen MR) is 61.3 cm³/mol. The van der Waals surface area contributed by atoms with Crippen LogP contribution in [0.5, 0.6) is 0 Å². The van der Waals surface area contributed by atoms with Crippen LogP contribution >= 0.6 is 11.6 Å². The first kappa shape index (κ1) is 10.2. The summed E-state index contributed by atoms with van der Waals surface area (Å²) in [5.41, 5.74) is 2.26. The van der Waals surface area contributed by atoms with Crippen LogP contribution in [0, 0.1) is 0 Å². The van der Waals surface area contributed by atoms with E-state index in [1.54, 1.807) is 12.5 Å². The van der Waals surface area contributed by atoms with Crippen LogP contribution in [-0.2, 0) is 6.54 Å². The van der Waals surface area contributed by atoms with E-state index >= 15 is 0 Å². The van der Waals surface area contributed by atoms with E-state index in [4.69, 9.17) is 11.6 Å². The van der Waals surface area contributed by atoms with Gasteiger partial charge in [-0.1, -0.05) is 11.6 Å². The Kier molecular flexibility index (Phi) is 3.04. The van der Waals surface area contributed by atoms with E-state index in [2.05, 4.69) is 10.3 Å². The maximum atomic E-state index is 5.96. The average molecular weight is 222 g/mol. The Morgan fingerprint density at radius 1 is 1.47 bits per heavy atom. The molecule has 78 valence electrons. The zero-order valence-corrected chi connectivity index (χ0v) is 9.20. The molecule has 3 nitrogen and oxygen atoms in total. The monoisotopic (exact) mass is 221 g/mol. The standard InChI is InChI=1S/C11H12ClN3/c1-13-7-9-6-10(12)2-3-11(9)15-5-4-14-8-15/h2-6,8,13H,7H2,1H3. The second-order valence-corrected chi connectivity index (χ2v) is 3.71. The molecule has 0 aliphatic carbocycles. The van der Waals surface area contributed by atoms with Gasteiger partial charge in [0.1, 0.15) is 0 Å². The average Bonchev–Trinajstić information content (AvgIpc) is 2.71. The van der Waals surface area contributed by atoms with Gasteiger partial charge in [-0.15, -0.1) is 0 Å². The fourth-order valence-electron chi connectivity index (χ4n) is 1.54. The molecule has 1 aromatic heterocycles. The van der Waals surface area contributed by atoms with Crippen LogP contribution in [0.2, 0.25) is 5.02 Å². The minimum Gasteiger partial charge on any atom is -0.316 e. The predicted octanol–water partition coefficient (Wildman–Crippen LogP) is 2.25. The van der Waals surface area contributed by atoms with Gasteiger partial charge in [0.25, 0.3) is 0 Å². The molecule has 0 spiro atoms. The minimum atomic E-state index is 0.754. The second-order valence-electron chi connectivity index (χ2n) is 3.27. The van der Waals surface area contributed by atoms with Gasteiger partial charge in [-0.05, 0) is 30.8 Å². The van der Waals surface area contributed by atoms with E-state index in [1.165, 1.54) is 0 Å². The van der Waals surface area contributed by atoms with Crippen molar-refractivity contribution in [3.63, 3.8) is 0 Å². The Balaban J connectivity index is 2.46. The van der Waals surface area contributed by atoms with E-state index in [0.717, 1.165) is 22.8 Å². The SMILES string of the molecule is CNCc1cc(Cl)ccc1-n1ccnc1. The van der Waals surface area contributed by atoms with Gasteiger partial charge in [0.05, 0.1) is 12.0 Å². The largest absolute Gasteiger partial charge is 0.316 e. The third-order valence-corrected chi connectivity index (χ3v) is 2.43. The lowest BCUT2D eigenvalue weighted by molar-refractivity contribution is 0.807. The Bertz CT molecular complexity index is 437. The van der Waals surface area contributed by atoms with Crippen molar-refractivity contribution in [2.75, 3.05) is 7.05 Å². The number of nitrogens with zero attached hydrogens (tertiary/aromatic N) is 2. The van der Waals surface area contributed by atoms with Crippen LogP contribution in [0.15, 0.2) is 36.9 Å². The summed E-state index contributed by atoms with van der Waals surface area (Å²) in [5.74, 6) is 0. The van der Waals surface area contributed by atoms with Gasteiger partial charge in [-0.2, -0.15) is 0 Å². The highest BCUT2D eigenvalue weighted by Gasteiger charge is 2.04. The first-order valence-corrected chi connectivity index (χ1v) is 5.10. The number of nitrogens with one attached hydrogen (secondary N) is 1. The van der Waals surface area contributed by atoms with Crippen LogP contribution in [0.25, 0.3) is 5.69 Å². The van der Waals surface area contributed by atoms with Gasteiger partial charge in [0.15, 0.2) is 0 Å². The molecule has 0 aliphatic rings. The van der Waals surface area contributed by atoms with Crippen LogP contribution in [0.4, 0.5) is 0 Å². The molecule has 0 radical (unpaired) electrons. The minimum absolute atomic E-state index is 0.754. The van der Waals surface area contributed by atoms with Gasteiger partial charge in [-0.25, -0.2) is 4.98 Å². The second kappa shape index (κ2) is 4.47. The van der Waals surface area contributed by atoms with E-state index in [-0.39, 0.29) is 0 Å². The normalized spacial score (nSPS) is 10.5. The molecule has 0 atom stereocenters. The van der Waals surface area contributed by atoms with Gasteiger partial charge >= 0.3 is 0 Å². The molecule has 0 unspecified atom stereocenters. The van der Waals surface area contributed by atoms with Crippen molar-refractivity contribution in [2.24, 2.45) is 0 Å². The third-order valence-electron chi connectivity index (χ3n) is 2.19. The van der Waals surface area contributed by atoms with E-state index < -0.39 is 0 Å². The van der Waals surface area contributed by atoms with Crippen molar-refractivity contribution in [1.82, 2.24) is 14.9 Å². The molecule has 1 aromatic carbocycles. The maximum absolute atomic E-state index is 5.96. The number of benzene rings is 1. The lowest BCUT2D eigenvalue weighted by Crippen LogP contribution is -2.08. The van der Waals surface area contributed by atoms with Gasteiger partial charge < -0.3 is 9.88 Å². The number of hydrogen-bond donors (Lipinski definition) is 1. The summed E-state index contributed by atoms with van der Waals surface area (Å²) < 4.78 is 1.98. The van der Waals surface area contributed by atoms with E-state index in [1.807, 2.05) is 36.0 Å². The summed E-state index contributed by atoms with van der Waals surface area (Å²) in [4.78, 5) is 4.03. The molecule has 0 aliphatic heterocycles. The molecule has 0 fully saturated rings. The summed E-state index contributed by atoms with van der Waals surface area (Å²) in [6, 6.07) is 5.85. The Hall–Kier alpha value is -1.32. The zero-order valence-electron chi connectivity index (χ0n) is 8.44. The molecule has 0 saturated heterocycles. The number of rotatable bonds is 3. The summed E-state index contributed by atoms with van der Waals surface area (Å²) in [6.07, 6.45) is 5.46. The van der Waals surface area contributed by atoms with Crippen molar-refractivity contribution in [3.05, 3.63) is 47.5 Å². The van der Waals surface area contributed by atoms with Crippen LogP contribution in [-0.4, -0.2) is 16.6 Å². The van der Waals surface area contributed by atoms with Crippen molar-refractivity contribution in [1.29, 1.82) is 0 Å². The highest BCUT2D eigenvalue weighted by molar-refractivity contribution is 6.30. The topological polar surface area (TPSA) is 29.9 Å². The third kappa shape index (κ3) is 2.19. The van der Waals surface area contributed by atoms with Gasteiger partial charge in [-0.3, -0.25) is 0 Å². The van der Waals surface area contributed by atoms with Crippen LogP contribution < -0.4 is 5.32 Å². The molecule has 2 rings (SSSR count). The molecule has 4 heteroatoms. The fraction of sp³-hybridized carbons (Fsp3) is 0.182. The molecular formula is C11H12ClN3. The van der Waals surface area contributed by atoms with Crippen molar-refractivity contribution < 1.29 is 0 Å². The number of halogens is 1. The molecular weight excluding hydrogens is 210 g/mol. The Morgan fingerprint density at radius 2 is 2.33 bits per heavy atom. The molecule has 2 aromatic rings. The van der Waals surface area contributed by atoms with Crippen molar-refractivity contribution in [2.45, 2.75) is 6.54 Å². The van der Waals surface area contributed by atoms with Crippen LogP contribution in [0.3, 0.4) is 0 Å². The highest BCUT2D eigenvalue weighted by atomic mass is 35.5. The quantitative estimate of drug-likeness (QED) is 0.862. The summed E-state index contributed by atoms with van der Waals surface area (Å²) in [5, 5.41) is 3.87. The van der Waals surface area contributed by atoms with Crippen LogP contribution in [0.1, 0.15) is 5.56 Å². The first-order chi connectivity index (χ1) is 7.31. The zero-order chi connectivity index (χ0) is 10.7. The van der Waals surface area contributed by atoms with Crippen molar-refractivity contribution in [3.8, 4) is 5.69 Å². The molecule has 1 heterocycles. The number of aromatic nitrogens is 2. The summed E-state index contributed by atoms with van der Waals surface area (Å²) in [7, 11) is 1.92. The summed E-state index contributed by atoms with van der Waals surface area (Å²) >= 11 is 5.96. The summed E-state index contributed by atoms with van der Waals surface area (Å²) in [6.45, 7) is 0.786. The Morgan fingerprint density at radius 3 is 3.00 bits per heavy atom. The highest BCUT2D eigenvalue weighted by Crippen LogP contribution is 2.19. The molecule has 0 saturated carbocycles. The van der Waals surface area contributed by atoms with Gasteiger partial charge in [0.2, 0.25) is 0 Å². The smallest absolute Gasteiger partial charge is 0.0991 e. The molecule has 1 N–H and O–H groups in total. The fourth-order valence-corrected chi connectivity index (χ4v) is 1.73. The van der Waals surface area contributed by atoms with E-state index in [0.29, 0.717) is 0 Å². The Labute approximate surface area is 93.7 Å². The first-order valence-electron chi connectivity index (χ1n) is 4.72. The molecule has 0 bridgehead atoms. The lowest BCUT2D eigenvalue weighted by atomic mass is 10.1. The van der Waals surface area contributed by atoms with Crippen molar-refractivity contribution >= 4 is 11.6 Å². The molecule has 0 amide bonds. The lowest BCUT2D eigenvalue weighted by Gasteiger charge is -2.10. The number of imidazole rings is 1. The molecule has 15 heavy (non-hydrogen) atoms. The number of hydrogen-bond acceptors (Lipinski definition) is 2. The maximum Gasteiger partial charge on any atom is 0.0991 e. The van der Waals surface area contributed by atoms with E-state index in [9.17, 15) is 0 Å².